The van der Waals surface area contributed by atoms with Gasteiger partial charge in [-0.3, -0.25) is 10.1 Å². The van der Waals surface area contributed by atoms with Crippen LogP contribution in [-0.2, 0) is 0 Å². The van der Waals surface area contributed by atoms with Gasteiger partial charge in [0.2, 0.25) is 0 Å². The first-order chi connectivity index (χ1) is 6.24. The fourth-order valence-corrected chi connectivity index (χ4v) is 2.34. The van der Waals surface area contributed by atoms with Crippen molar-refractivity contribution in [3.63, 3.8) is 0 Å². The molecule has 4 nitrogen and oxygen atoms in total. The number of rotatable bonds is 3. The van der Waals surface area contributed by atoms with E-state index in [2.05, 4.69) is 11.8 Å². The quantitative estimate of drug-likeness (QED) is 0.518. The normalized spacial score (nSPS) is 20.7. The van der Waals surface area contributed by atoms with Crippen LogP contribution in [0.4, 0.5) is 0 Å². The molecule has 1 rings (SSSR count). The molecule has 0 atom stereocenters. The van der Waals surface area contributed by atoms with Crippen LogP contribution in [0.3, 0.4) is 0 Å². The van der Waals surface area contributed by atoms with E-state index in [9.17, 15) is 10.1 Å². The molecule has 0 unspecified atom stereocenters. The van der Waals surface area contributed by atoms with Crippen LogP contribution in [0.25, 0.3) is 0 Å². The summed E-state index contributed by atoms with van der Waals surface area (Å²) in [6.45, 7) is 3.97. The third-order valence-electron chi connectivity index (χ3n) is 1.84. The molecule has 5 heteroatoms. The van der Waals surface area contributed by atoms with Crippen molar-refractivity contribution in [1.29, 1.82) is 0 Å². The summed E-state index contributed by atoms with van der Waals surface area (Å²) in [5.74, 6) is 1.000. The molecule has 13 heavy (non-hydrogen) atoms. The Morgan fingerprint density at radius 1 is 1.77 bits per heavy atom. The average molecular weight is 202 g/mol. The predicted molar refractivity (Wildman–Crippen MR) is 54.0 cm³/mol. The van der Waals surface area contributed by atoms with Crippen LogP contribution in [0.5, 0.6) is 0 Å². The maximum absolute atomic E-state index is 10.3. The Hall–Kier alpha value is -0.710. The summed E-state index contributed by atoms with van der Waals surface area (Å²) in [7, 11) is 0. The average Bonchev–Trinajstić information content (AvgIpc) is 2.08. The molecule has 1 heterocycles. The van der Waals surface area contributed by atoms with Crippen LogP contribution in [0.2, 0.25) is 0 Å². The van der Waals surface area contributed by atoms with E-state index in [0.717, 1.165) is 42.9 Å². The molecule has 0 N–H and O–H groups in total. The van der Waals surface area contributed by atoms with Crippen molar-refractivity contribution in [2.24, 2.45) is 0 Å². The molecule has 74 valence electrons. The smallest absolute Gasteiger partial charge is 0.264 e. The van der Waals surface area contributed by atoms with Crippen molar-refractivity contribution in [1.82, 2.24) is 4.90 Å². The van der Waals surface area contributed by atoms with Gasteiger partial charge in [-0.1, -0.05) is 6.92 Å². The van der Waals surface area contributed by atoms with Gasteiger partial charge in [0.1, 0.15) is 5.03 Å². The summed E-state index contributed by atoms with van der Waals surface area (Å²) in [6, 6.07) is 0. The van der Waals surface area contributed by atoms with Crippen LogP contribution < -0.4 is 0 Å². The lowest BCUT2D eigenvalue weighted by molar-refractivity contribution is -0.403. The molecule has 0 amide bonds. The van der Waals surface area contributed by atoms with Gasteiger partial charge in [0.25, 0.3) is 6.20 Å². The number of hydrogen-bond acceptors (Lipinski definition) is 4. The Kier molecular flexibility index (Phi) is 4.08. The van der Waals surface area contributed by atoms with Gasteiger partial charge < -0.3 is 4.90 Å². The molecule has 0 spiro atoms. The van der Waals surface area contributed by atoms with E-state index >= 15 is 0 Å². The summed E-state index contributed by atoms with van der Waals surface area (Å²) >= 11 is 1.58. The Morgan fingerprint density at radius 3 is 3.15 bits per heavy atom. The van der Waals surface area contributed by atoms with Gasteiger partial charge in [0, 0.05) is 18.8 Å². The van der Waals surface area contributed by atoms with E-state index in [1.807, 2.05) is 0 Å². The van der Waals surface area contributed by atoms with E-state index < -0.39 is 0 Å². The minimum absolute atomic E-state index is 0.365. The lowest BCUT2D eigenvalue weighted by Crippen LogP contribution is -2.28. The zero-order chi connectivity index (χ0) is 9.68. The van der Waals surface area contributed by atoms with Gasteiger partial charge in [-0.25, -0.2) is 0 Å². The fraction of sp³-hybridized carbons (Fsp3) is 0.750. The molecule has 0 radical (unpaired) electrons. The second-order valence-corrected chi connectivity index (χ2v) is 4.06. The molecule has 0 aromatic rings. The zero-order valence-electron chi connectivity index (χ0n) is 7.73. The topological polar surface area (TPSA) is 46.4 Å². The molecular formula is C8H14N2O2S. The molecule has 1 aliphatic rings. The van der Waals surface area contributed by atoms with Crippen molar-refractivity contribution >= 4 is 11.8 Å². The van der Waals surface area contributed by atoms with E-state index in [-0.39, 0.29) is 4.92 Å². The highest BCUT2D eigenvalue weighted by atomic mass is 32.2. The highest BCUT2D eigenvalue weighted by molar-refractivity contribution is 8.03. The van der Waals surface area contributed by atoms with Gasteiger partial charge in [0.15, 0.2) is 0 Å². The van der Waals surface area contributed by atoms with Gasteiger partial charge in [-0.15, -0.1) is 11.8 Å². The highest BCUT2D eigenvalue weighted by Crippen LogP contribution is 2.26. The summed E-state index contributed by atoms with van der Waals surface area (Å²) in [4.78, 5) is 12.0. The highest BCUT2D eigenvalue weighted by Gasteiger charge is 2.17. The first-order valence-electron chi connectivity index (χ1n) is 4.47. The Balaban J connectivity index is 2.61. The number of nitrogens with zero attached hydrogens (tertiary/aromatic N) is 2. The monoisotopic (exact) mass is 202 g/mol. The molecule has 0 aliphatic carbocycles. The standard InChI is InChI=1S/C8H14N2O2S/c1-2-4-9-5-3-6-13-8(9)7-10(11)12/h7H,2-6H2,1H3/b8-7-. The van der Waals surface area contributed by atoms with Crippen LogP contribution in [-0.4, -0.2) is 28.7 Å². The summed E-state index contributed by atoms with van der Waals surface area (Å²) in [5.41, 5.74) is 0. The first kappa shape index (κ1) is 10.4. The molecule has 1 saturated heterocycles. The number of thioether (sulfide) groups is 1. The lowest BCUT2D eigenvalue weighted by atomic mass is 10.3. The van der Waals surface area contributed by atoms with Crippen LogP contribution in [0.1, 0.15) is 19.8 Å². The van der Waals surface area contributed by atoms with Crippen molar-refractivity contribution in [3.05, 3.63) is 21.3 Å². The van der Waals surface area contributed by atoms with E-state index in [0.29, 0.717) is 0 Å². The Labute approximate surface area is 82.1 Å². The fourth-order valence-electron chi connectivity index (χ4n) is 1.33. The molecule has 1 aliphatic heterocycles. The predicted octanol–water partition coefficient (Wildman–Crippen LogP) is 1.91. The van der Waals surface area contributed by atoms with Gasteiger partial charge in [0.05, 0.1) is 4.92 Å². The van der Waals surface area contributed by atoms with Crippen LogP contribution in [0.15, 0.2) is 11.2 Å². The maximum Gasteiger partial charge on any atom is 0.264 e. The molecule has 0 aromatic carbocycles. The van der Waals surface area contributed by atoms with Crippen molar-refractivity contribution in [3.8, 4) is 0 Å². The number of hydrogen-bond donors (Lipinski definition) is 0. The number of nitro groups is 1. The zero-order valence-corrected chi connectivity index (χ0v) is 8.55. The minimum Gasteiger partial charge on any atom is -0.361 e. The molecular weight excluding hydrogens is 188 g/mol. The first-order valence-corrected chi connectivity index (χ1v) is 5.45. The van der Waals surface area contributed by atoms with Crippen LogP contribution >= 0.6 is 11.8 Å². The molecule has 0 aromatic heterocycles. The summed E-state index contributed by atoms with van der Waals surface area (Å²) < 4.78 is 0. The summed E-state index contributed by atoms with van der Waals surface area (Å²) in [5, 5.41) is 11.1. The SMILES string of the molecule is CCCN1CCCS/C1=C\[N+](=O)[O-]. The minimum atomic E-state index is -0.365. The van der Waals surface area contributed by atoms with E-state index in [4.69, 9.17) is 0 Å². The van der Waals surface area contributed by atoms with Crippen molar-refractivity contribution < 1.29 is 4.92 Å². The van der Waals surface area contributed by atoms with Crippen molar-refractivity contribution in [2.45, 2.75) is 19.8 Å². The van der Waals surface area contributed by atoms with Crippen molar-refractivity contribution in [2.75, 3.05) is 18.8 Å². The second kappa shape index (κ2) is 5.11. The van der Waals surface area contributed by atoms with Gasteiger partial charge in [-0.2, -0.15) is 0 Å². The Bertz CT molecular complexity index is 216. The third kappa shape index (κ3) is 3.26. The summed E-state index contributed by atoms with van der Waals surface area (Å²) in [6.07, 6.45) is 3.29. The molecule has 1 fully saturated rings. The lowest BCUT2D eigenvalue weighted by Gasteiger charge is -2.28. The molecule has 0 saturated carbocycles. The van der Waals surface area contributed by atoms with E-state index in [1.165, 1.54) is 0 Å². The molecule has 0 bridgehead atoms. The van der Waals surface area contributed by atoms with E-state index in [1.54, 1.807) is 11.8 Å². The van der Waals surface area contributed by atoms with Gasteiger partial charge >= 0.3 is 0 Å². The third-order valence-corrected chi connectivity index (χ3v) is 3.00. The maximum atomic E-state index is 10.3. The van der Waals surface area contributed by atoms with Gasteiger partial charge in [-0.05, 0) is 12.8 Å². The van der Waals surface area contributed by atoms with Crippen LogP contribution in [0, 0.1) is 10.1 Å². The second-order valence-electron chi connectivity index (χ2n) is 2.94. The Morgan fingerprint density at radius 2 is 2.54 bits per heavy atom. The largest absolute Gasteiger partial charge is 0.361 e.